The van der Waals surface area contributed by atoms with Crippen molar-refractivity contribution in [3.8, 4) is 0 Å². The molecule has 0 spiro atoms. The molecule has 0 N–H and O–H groups in total. The highest BCUT2D eigenvalue weighted by atomic mass is 16.6. The van der Waals surface area contributed by atoms with Gasteiger partial charge in [0.25, 0.3) is 0 Å². The Kier molecular flexibility index (Phi) is 4.29. The van der Waals surface area contributed by atoms with Gasteiger partial charge in [-0.2, -0.15) is 0 Å². The highest BCUT2D eigenvalue weighted by Crippen LogP contribution is 2.49. The lowest BCUT2D eigenvalue weighted by Gasteiger charge is -2.36. The van der Waals surface area contributed by atoms with Gasteiger partial charge in [0.05, 0.1) is 24.9 Å². The lowest BCUT2D eigenvalue weighted by molar-refractivity contribution is -0.152. The summed E-state index contributed by atoms with van der Waals surface area (Å²) < 4.78 is 11.9. The Hall–Kier alpha value is -2.17. The van der Waals surface area contributed by atoms with Crippen LogP contribution < -0.4 is 0 Å². The van der Waals surface area contributed by atoms with E-state index in [1.807, 2.05) is 36.9 Å². The largest absolute Gasteiger partial charge is 0.373 e. The summed E-state index contributed by atoms with van der Waals surface area (Å²) in [6.07, 6.45) is 2.66. The third-order valence-corrected chi connectivity index (χ3v) is 6.31. The molecule has 2 unspecified atom stereocenters. The highest BCUT2D eigenvalue weighted by Gasteiger charge is 2.54. The van der Waals surface area contributed by atoms with Gasteiger partial charge in [0.15, 0.2) is 0 Å². The van der Waals surface area contributed by atoms with E-state index in [1.165, 1.54) is 16.7 Å². The molecule has 3 aliphatic rings. The van der Waals surface area contributed by atoms with Crippen molar-refractivity contribution in [2.24, 2.45) is 5.92 Å². The average molecular weight is 377 g/mol. The standard InChI is InChI=1S/C24H27NO3/c1-24(2)25(22-20-11-7-6-10-17(20)14-21(22)28-24)23(26)18(13-19-15-27-19)12-16-8-4-3-5-9-16/h3-11,18-19,21-22H,12-15H2,1-2H3/t18?,19-,21+,22?/m0/s1. The maximum absolute atomic E-state index is 13.9. The summed E-state index contributed by atoms with van der Waals surface area (Å²) in [5.74, 6) is 0.0952. The minimum Gasteiger partial charge on any atom is -0.373 e. The maximum atomic E-state index is 13.9. The fraction of sp³-hybridized carbons (Fsp3) is 0.458. The van der Waals surface area contributed by atoms with Crippen LogP contribution in [0, 0.1) is 5.92 Å². The number of ether oxygens (including phenoxy) is 2. The molecular weight excluding hydrogens is 350 g/mol. The van der Waals surface area contributed by atoms with Crippen LogP contribution in [0.15, 0.2) is 54.6 Å². The van der Waals surface area contributed by atoms with Crippen LogP contribution in [0.1, 0.15) is 43.0 Å². The third-order valence-electron chi connectivity index (χ3n) is 6.31. The zero-order chi connectivity index (χ0) is 19.3. The summed E-state index contributed by atoms with van der Waals surface area (Å²) in [5, 5.41) is 0. The van der Waals surface area contributed by atoms with E-state index in [0.717, 1.165) is 25.9 Å². The minimum atomic E-state index is -0.598. The molecule has 4 heteroatoms. The van der Waals surface area contributed by atoms with E-state index >= 15 is 0 Å². The molecule has 0 saturated carbocycles. The Morgan fingerprint density at radius 1 is 1.14 bits per heavy atom. The van der Waals surface area contributed by atoms with Crippen molar-refractivity contribution in [1.29, 1.82) is 0 Å². The molecule has 1 aliphatic carbocycles. The summed E-state index contributed by atoms with van der Waals surface area (Å²) in [6.45, 7) is 4.82. The van der Waals surface area contributed by atoms with E-state index < -0.39 is 5.72 Å². The SMILES string of the molecule is CC1(C)O[C@@H]2Cc3ccccc3C2N1C(=O)C(Cc1ccccc1)C[C@H]1CO1. The summed E-state index contributed by atoms with van der Waals surface area (Å²) in [6, 6.07) is 18.8. The Morgan fingerprint density at radius 2 is 1.86 bits per heavy atom. The summed E-state index contributed by atoms with van der Waals surface area (Å²) >= 11 is 0. The lowest BCUT2D eigenvalue weighted by atomic mass is 9.91. The van der Waals surface area contributed by atoms with Gasteiger partial charge >= 0.3 is 0 Å². The average Bonchev–Trinajstić information content (AvgIpc) is 3.37. The van der Waals surface area contributed by atoms with Gasteiger partial charge in [0.2, 0.25) is 5.91 Å². The molecule has 2 heterocycles. The van der Waals surface area contributed by atoms with Gasteiger partial charge in [-0.15, -0.1) is 0 Å². The van der Waals surface area contributed by atoms with Gasteiger partial charge < -0.3 is 14.4 Å². The first-order valence-corrected chi connectivity index (χ1v) is 10.3. The monoisotopic (exact) mass is 377 g/mol. The number of carbonyl (C=O) groups is 1. The summed E-state index contributed by atoms with van der Waals surface area (Å²) in [4.78, 5) is 15.9. The van der Waals surface area contributed by atoms with Crippen molar-refractivity contribution in [1.82, 2.24) is 4.90 Å². The topological polar surface area (TPSA) is 42.1 Å². The van der Waals surface area contributed by atoms with E-state index in [0.29, 0.717) is 0 Å². The molecule has 4 nitrogen and oxygen atoms in total. The second kappa shape index (κ2) is 6.71. The van der Waals surface area contributed by atoms with Crippen LogP contribution in [0.2, 0.25) is 0 Å². The Morgan fingerprint density at radius 3 is 2.61 bits per heavy atom. The molecule has 1 amide bonds. The third kappa shape index (κ3) is 3.15. The quantitative estimate of drug-likeness (QED) is 0.743. The molecule has 0 aromatic heterocycles. The van der Waals surface area contributed by atoms with Crippen LogP contribution in [0.25, 0.3) is 0 Å². The molecule has 146 valence electrons. The predicted octanol–water partition coefficient (Wildman–Crippen LogP) is 3.90. The van der Waals surface area contributed by atoms with Crippen molar-refractivity contribution in [3.63, 3.8) is 0 Å². The van der Waals surface area contributed by atoms with Crippen molar-refractivity contribution in [2.75, 3.05) is 6.61 Å². The molecule has 2 fully saturated rings. The van der Waals surface area contributed by atoms with Gasteiger partial charge in [-0.05, 0) is 43.4 Å². The van der Waals surface area contributed by atoms with Crippen molar-refractivity contribution in [2.45, 2.75) is 57.1 Å². The number of hydrogen-bond donors (Lipinski definition) is 0. The van der Waals surface area contributed by atoms with Crippen LogP contribution in [0.3, 0.4) is 0 Å². The first-order chi connectivity index (χ1) is 13.5. The van der Waals surface area contributed by atoms with E-state index in [4.69, 9.17) is 9.47 Å². The minimum absolute atomic E-state index is 0.0112. The normalized spacial score (nSPS) is 27.9. The molecule has 4 atom stereocenters. The number of epoxide rings is 1. The molecule has 0 bridgehead atoms. The van der Waals surface area contributed by atoms with E-state index in [2.05, 4.69) is 36.4 Å². The Bertz CT molecular complexity index is 874. The van der Waals surface area contributed by atoms with Crippen molar-refractivity contribution < 1.29 is 14.3 Å². The molecular formula is C24H27NO3. The molecule has 2 aliphatic heterocycles. The van der Waals surface area contributed by atoms with Crippen LogP contribution >= 0.6 is 0 Å². The number of benzene rings is 2. The number of hydrogen-bond acceptors (Lipinski definition) is 3. The molecule has 2 saturated heterocycles. The smallest absolute Gasteiger partial charge is 0.228 e. The van der Waals surface area contributed by atoms with Crippen molar-refractivity contribution in [3.05, 3.63) is 71.3 Å². The molecule has 28 heavy (non-hydrogen) atoms. The zero-order valence-corrected chi connectivity index (χ0v) is 16.5. The molecule has 2 aromatic carbocycles. The van der Waals surface area contributed by atoms with Gasteiger partial charge in [-0.1, -0.05) is 54.6 Å². The van der Waals surface area contributed by atoms with Crippen LogP contribution in [-0.4, -0.2) is 35.3 Å². The van der Waals surface area contributed by atoms with E-state index in [1.54, 1.807) is 0 Å². The number of nitrogens with zero attached hydrogens (tertiary/aromatic N) is 1. The molecule has 5 rings (SSSR count). The highest BCUT2D eigenvalue weighted by molar-refractivity contribution is 5.81. The van der Waals surface area contributed by atoms with Crippen LogP contribution in [0.4, 0.5) is 0 Å². The number of rotatable bonds is 5. The number of carbonyl (C=O) groups excluding carboxylic acids is 1. The van der Waals surface area contributed by atoms with Crippen LogP contribution in [-0.2, 0) is 27.1 Å². The van der Waals surface area contributed by atoms with Crippen molar-refractivity contribution >= 4 is 5.91 Å². The summed E-state index contributed by atoms with van der Waals surface area (Å²) in [7, 11) is 0. The lowest BCUT2D eigenvalue weighted by Crippen LogP contribution is -2.48. The fourth-order valence-corrected chi connectivity index (χ4v) is 5.00. The van der Waals surface area contributed by atoms with Crippen LogP contribution in [0.5, 0.6) is 0 Å². The maximum Gasteiger partial charge on any atom is 0.228 e. The zero-order valence-electron chi connectivity index (χ0n) is 16.5. The first kappa shape index (κ1) is 17.9. The molecule has 0 radical (unpaired) electrons. The van der Waals surface area contributed by atoms with Gasteiger partial charge in [0.1, 0.15) is 5.72 Å². The van der Waals surface area contributed by atoms with E-state index in [9.17, 15) is 4.79 Å². The Labute approximate surface area is 166 Å². The second-order valence-corrected chi connectivity index (χ2v) is 8.74. The summed E-state index contributed by atoms with van der Waals surface area (Å²) in [5.41, 5.74) is 3.14. The number of amides is 1. The fourth-order valence-electron chi connectivity index (χ4n) is 5.00. The van der Waals surface area contributed by atoms with E-state index in [-0.39, 0.29) is 30.1 Å². The van der Waals surface area contributed by atoms with Gasteiger partial charge in [-0.25, -0.2) is 0 Å². The Balaban J connectivity index is 1.46. The number of fused-ring (bicyclic) bond motifs is 3. The predicted molar refractivity (Wildman–Crippen MR) is 107 cm³/mol. The molecule has 2 aromatic rings. The first-order valence-electron chi connectivity index (χ1n) is 10.3. The van der Waals surface area contributed by atoms with Gasteiger partial charge in [-0.3, -0.25) is 4.79 Å². The second-order valence-electron chi connectivity index (χ2n) is 8.74. The van der Waals surface area contributed by atoms with Gasteiger partial charge in [0, 0.05) is 12.3 Å².